The summed E-state index contributed by atoms with van der Waals surface area (Å²) < 4.78 is 5.53. The molecule has 3 rings (SSSR count). The topological polar surface area (TPSA) is 58.6 Å². The Kier molecular flexibility index (Phi) is 5.51. The molecule has 0 spiro atoms. The number of hydrogen-bond donors (Lipinski definition) is 1. The minimum atomic E-state index is -0.509. The highest BCUT2D eigenvalue weighted by molar-refractivity contribution is 8.01. The molecule has 2 aliphatic rings. The van der Waals surface area contributed by atoms with Crippen LogP contribution < -0.4 is 5.32 Å². The van der Waals surface area contributed by atoms with E-state index in [-0.39, 0.29) is 22.7 Å². The van der Waals surface area contributed by atoms with Crippen LogP contribution in [0.15, 0.2) is 35.2 Å². The van der Waals surface area contributed by atoms with Crippen LogP contribution in [0.25, 0.3) is 0 Å². The lowest BCUT2D eigenvalue weighted by molar-refractivity contribution is -0.124. The molecule has 0 bridgehead atoms. The van der Waals surface area contributed by atoms with E-state index >= 15 is 0 Å². The Labute approximate surface area is 159 Å². The van der Waals surface area contributed by atoms with Crippen LogP contribution in [0, 0.1) is 5.92 Å². The number of likely N-dealkylation sites (tertiary alicyclic amines) is 1. The highest BCUT2D eigenvalue weighted by Crippen LogP contribution is 2.51. The summed E-state index contributed by atoms with van der Waals surface area (Å²) >= 11 is 1.85. The van der Waals surface area contributed by atoms with Crippen LogP contribution in [-0.4, -0.2) is 46.9 Å². The second-order valence-corrected chi connectivity index (χ2v) is 9.77. The summed E-state index contributed by atoms with van der Waals surface area (Å²) in [5.74, 6) is -0.0870. The van der Waals surface area contributed by atoms with Gasteiger partial charge in [-0.05, 0) is 52.2 Å². The molecule has 1 unspecified atom stereocenters. The van der Waals surface area contributed by atoms with Crippen LogP contribution in [0.4, 0.5) is 4.79 Å². The summed E-state index contributed by atoms with van der Waals surface area (Å²) in [5.41, 5.74) is -0.509. The summed E-state index contributed by atoms with van der Waals surface area (Å²) in [7, 11) is 0. The fourth-order valence-electron chi connectivity index (χ4n) is 3.05. The molecule has 1 saturated heterocycles. The van der Waals surface area contributed by atoms with Gasteiger partial charge in [0.15, 0.2) is 0 Å². The van der Waals surface area contributed by atoms with Crippen molar-refractivity contribution in [3.63, 3.8) is 0 Å². The van der Waals surface area contributed by atoms with Crippen LogP contribution in [0.3, 0.4) is 0 Å². The maximum absolute atomic E-state index is 12.5. The van der Waals surface area contributed by atoms with Gasteiger partial charge in [0.2, 0.25) is 5.91 Å². The quantitative estimate of drug-likeness (QED) is 0.852. The van der Waals surface area contributed by atoms with E-state index in [2.05, 4.69) is 17.4 Å². The number of amides is 2. The van der Waals surface area contributed by atoms with E-state index in [0.717, 1.165) is 12.8 Å². The molecule has 1 saturated carbocycles. The van der Waals surface area contributed by atoms with E-state index in [4.69, 9.17) is 4.74 Å². The van der Waals surface area contributed by atoms with Gasteiger partial charge in [-0.2, -0.15) is 0 Å². The zero-order valence-corrected chi connectivity index (χ0v) is 16.6. The minimum absolute atomic E-state index is 0.0518. The zero-order valence-electron chi connectivity index (χ0n) is 15.8. The average Bonchev–Trinajstić information content (AvgIpc) is 3.15. The van der Waals surface area contributed by atoms with E-state index < -0.39 is 5.60 Å². The summed E-state index contributed by atoms with van der Waals surface area (Å²) in [5, 5.41) is 3.12. The SMILES string of the molecule is CC(C)(C)OC(=O)N1CCC(C(=O)NCC2(Sc3ccccc3)CC2)C1. The monoisotopic (exact) mass is 376 g/mol. The Morgan fingerprint density at radius 1 is 1.27 bits per heavy atom. The second kappa shape index (κ2) is 7.51. The molecule has 5 nitrogen and oxygen atoms in total. The van der Waals surface area contributed by atoms with Gasteiger partial charge in [0.25, 0.3) is 0 Å². The molecule has 1 aliphatic carbocycles. The fraction of sp³-hybridized carbons (Fsp3) is 0.600. The molecule has 142 valence electrons. The summed E-state index contributed by atoms with van der Waals surface area (Å²) in [6.07, 6.45) is 2.62. The third kappa shape index (κ3) is 5.16. The van der Waals surface area contributed by atoms with Crippen molar-refractivity contribution < 1.29 is 14.3 Å². The molecule has 1 aromatic carbocycles. The first-order valence-electron chi connectivity index (χ1n) is 9.26. The van der Waals surface area contributed by atoms with Crippen molar-refractivity contribution >= 4 is 23.8 Å². The standard InChI is InChI=1S/C20H28N2O3S/c1-19(2,3)25-18(24)22-12-9-15(13-22)17(23)21-14-20(10-11-20)26-16-7-5-4-6-8-16/h4-8,15H,9-14H2,1-3H3,(H,21,23). The van der Waals surface area contributed by atoms with Crippen molar-refractivity contribution in [3.8, 4) is 0 Å². The van der Waals surface area contributed by atoms with Crippen LogP contribution in [0.1, 0.15) is 40.0 Å². The van der Waals surface area contributed by atoms with Crippen molar-refractivity contribution in [2.75, 3.05) is 19.6 Å². The summed E-state index contributed by atoms with van der Waals surface area (Å²) in [6, 6.07) is 10.3. The first kappa shape index (κ1) is 19.1. The lowest BCUT2D eigenvalue weighted by atomic mass is 10.1. The maximum atomic E-state index is 12.5. The number of nitrogens with zero attached hydrogens (tertiary/aromatic N) is 1. The molecule has 1 aliphatic heterocycles. The maximum Gasteiger partial charge on any atom is 0.410 e. The van der Waals surface area contributed by atoms with Gasteiger partial charge in [-0.25, -0.2) is 4.79 Å². The van der Waals surface area contributed by atoms with E-state index in [9.17, 15) is 9.59 Å². The van der Waals surface area contributed by atoms with Crippen LogP contribution >= 0.6 is 11.8 Å². The number of ether oxygens (including phenoxy) is 1. The third-order valence-electron chi connectivity index (χ3n) is 4.68. The number of carbonyl (C=O) groups excluding carboxylic acids is 2. The first-order chi connectivity index (χ1) is 12.3. The smallest absolute Gasteiger partial charge is 0.410 e. The van der Waals surface area contributed by atoms with Crippen molar-refractivity contribution in [3.05, 3.63) is 30.3 Å². The van der Waals surface area contributed by atoms with Gasteiger partial charge in [-0.1, -0.05) is 18.2 Å². The lowest BCUT2D eigenvalue weighted by Crippen LogP contribution is -2.39. The van der Waals surface area contributed by atoms with Crippen molar-refractivity contribution in [1.82, 2.24) is 10.2 Å². The summed E-state index contributed by atoms with van der Waals surface area (Å²) in [4.78, 5) is 27.5. The van der Waals surface area contributed by atoms with Gasteiger partial charge >= 0.3 is 6.09 Å². The van der Waals surface area contributed by atoms with Gasteiger partial charge in [-0.15, -0.1) is 11.8 Å². The van der Waals surface area contributed by atoms with Gasteiger partial charge in [0, 0.05) is 29.3 Å². The van der Waals surface area contributed by atoms with E-state index in [1.165, 1.54) is 4.90 Å². The molecule has 2 amide bonds. The Morgan fingerprint density at radius 3 is 2.58 bits per heavy atom. The molecule has 1 N–H and O–H groups in total. The minimum Gasteiger partial charge on any atom is -0.444 e. The Hall–Kier alpha value is -1.69. The van der Waals surface area contributed by atoms with E-state index in [1.807, 2.05) is 50.7 Å². The second-order valence-electron chi connectivity index (χ2n) is 8.23. The van der Waals surface area contributed by atoms with Crippen molar-refractivity contribution in [1.29, 1.82) is 0 Å². The van der Waals surface area contributed by atoms with Gasteiger partial charge < -0.3 is 15.0 Å². The largest absolute Gasteiger partial charge is 0.444 e. The molecule has 1 heterocycles. The predicted octanol–water partition coefficient (Wildman–Crippen LogP) is 3.68. The Bertz CT molecular complexity index is 653. The number of hydrogen-bond acceptors (Lipinski definition) is 4. The molecule has 0 aromatic heterocycles. The number of nitrogens with one attached hydrogen (secondary N) is 1. The molecule has 1 atom stereocenters. The molecule has 6 heteroatoms. The number of thioether (sulfide) groups is 1. The van der Waals surface area contributed by atoms with E-state index in [0.29, 0.717) is 26.1 Å². The predicted molar refractivity (Wildman–Crippen MR) is 103 cm³/mol. The Balaban J connectivity index is 1.45. The van der Waals surface area contributed by atoms with E-state index in [1.54, 1.807) is 4.90 Å². The van der Waals surface area contributed by atoms with Gasteiger partial charge in [0.05, 0.1) is 5.92 Å². The molecule has 26 heavy (non-hydrogen) atoms. The Morgan fingerprint density at radius 2 is 1.96 bits per heavy atom. The fourth-order valence-corrected chi connectivity index (χ4v) is 4.30. The van der Waals surface area contributed by atoms with Crippen molar-refractivity contribution in [2.24, 2.45) is 5.92 Å². The third-order valence-corrected chi connectivity index (χ3v) is 6.17. The first-order valence-corrected chi connectivity index (χ1v) is 10.1. The highest BCUT2D eigenvalue weighted by Gasteiger charge is 2.44. The van der Waals surface area contributed by atoms with Gasteiger partial charge in [0.1, 0.15) is 5.60 Å². The number of benzene rings is 1. The van der Waals surface area contributed by atoms with Crippen molar-refractivity contribution in [2.45, 2.75) is 55.3 Å². The molecule has 2 fully saturated rings. The lowest BCUT2D eigenvalue weighted by Gasteiger charge is -2.24. The zero-order chi connectivity index (χ0) is 18.8. The van der Waals surface area contributed by atoms with Crippen LogP contribution in [-0.2, 0) is 9.53 Å². The summed E-state index contributed by atoms with van der Waals surface area (Å²) in [6.45, 7) is 7.27. The molecule has 1 aromatic rings. The van der Waals surface area contributed by atoms with Gasteiger partial charge in [-0.3, -0.25) is 4.79 Å². The highest BCUT2D eigenvalue weighted by atomic mass is 32.2. The number of carbonyl (C=O) groups is 2. The van der Waals surface area contributed by atoms with Crippen LogP contribution in [0.5, 0.6) is 0 Å². The molecular formula is C20H28N2O3S. The normalized spacial score (nSPS) is 21.3. The number of rotatable bonds is 5. The average molecular weight is 377 g/mol. The van der Waals surface area contributed by atoms with Crippen LogP contribution in [0.2, 0.25) is 0 Å². The molecule has 0 radical (unpaired) electrons. The molecular weight excluding hydrogens is 348 g/mol.